The Balaban J connectivity index is 1.24. The number of thioether (sulfide) groups is 1. The lowest BCUT2D eigenvalue weighted by molar-refractivity contribution is -0.115. The molecule has 11 heteroatoms. The topological polar surface area (TPSA) is 119 Å². The van der Waals surface area contributed by atoms with Gasteiger partial charge in [0.2, 0.25) is 17.7 Å². The zero-order valence-corrected chi connectivity index (χ0v) is 19.7. The smallest absolute Gasteiger partial charge is 0.290 e. The molecule has 35 heavy (non-hydrogen) atoms. The van der Waals surface area contributed by atoms with Gasteiger partial charge in [0.1, 0.15) is 18.2 Å². The van der Waals surface area contributed by atoms with Crippen molar-refractivity contribution in [2.45, 2.75) is 25.9 Å². The Kier molecular flexibility index (Phi) is 6.57. The molecule has 0 bridgehead atoms. The van der Waals surface area contributed by atoms with Gasteiger partial charge in [0, 0.05) is 38.3 Å². The number of hydrogen-bond donors (Lipinski definition) is 1. The molecule has 4 heterocycles. The van der Waals surface area contributed by atoms with Crippen molar-refractivity contribution in [2.24, 2.45) is 0 Å². The molecule has 1 N–H and O–H groups in total. The molecule has 0 aliphatic carbocycles. The van der Waals surface area contributed by atoms with E-state index in [9.17, 15) is 9.59 Å². The number of nitrogens with one attached hydrogen (secondary N) is 1. The predicted octanol–water partition coefficient (Wildman–Crippen LogP) is 3.74. The highest BCUT2D eigenvalue weighted by molar-refractivity contribution is 8.18. The first-order valence-corrected chi connectivity index (χ1v) is 11.9. The molecule has 178 valence electrons. The maximum atomic E-state index is 11.8. The van der Waals surface area contributed by atoms with E-state index in [4.69, 9.17) is 9.47 Å². The summed E-state index contributed by atoms with van der Waals surface area (Å²) in [6.07, 6.45) is 8.21. The van der Waals surface area contributed by atoms with Crippen LogP contribution in [0, 0.1) is 6.92 Å². The van der Waals surface area contributed by atoms with Gasteiger partial charge in [-0.2, -0.15) is 0 Å². The number of ether oxygens (including phenoxy) is 2. The number of aromatic nitrogens is 4. The molecule has 0 unspecified atom stereocenters. The van der Waals surface area contributed by atoms with Crippen LogP contribution in [-0.2, 0) is 4.79 Å². The summed E-state index contributed by atoms with van der Waals surface area (Å²) in [6, 6.07) is 9.00. The minimum absolute atomic E-state index is 0.0177. The molecule has 2 aliphatic heterocycles. The quantitative estimate of drug-likeness (QED) is 0.512. The van der Waals surface area contributed by atoms with Gasteiger partial charge >= 0.3 is 0 Å². The van der Waals surface area contributed by atoms with E-state index in [0.717, 1.165) is 49.2 Å². The molecule has 2 fully saturated rings. The van der Waals surface area contributed by atoms with Gasteiger partial charge in [0.15, 0.2) is 0 Å². The van der Waals surface area contributed by atoms with E-state index in [0.29, 0.717) is 28.0 Å². The standard InChI is InChI=1S/C24H22N6O4S/c1-15-21(33-17-6-10-30(11-7-17)23-25-8-3-9-26-23)27-14-28-22(15)34-18-5-2-4-16(12-18)13-19-20(31)29-24(32)35-19/h2-5,8-9,12-14,17H,6-7,10-11H2,1H3,(H,29,31,32)/b19-13-. The first kappa shape index (κ1) is 22.8. The van der Waals surface area contributed by atoms with Crippen molar-refractivity contribution in [3.63, 3.8) is 0 Å². The Hall–Kier alpha value is -3.99. The highest BCUT2D eigenvalue weighted by atomic mass is 32.2. The Morgan fingerprint density at radius 1 is 1.06 bits per heavy atom. The van der Waals surface area contributed by atoms with Crippen LogP contribution in [0.5, 0.6) is 17.5 Å². The second-order valence-electron chi connectivity index (χ2n) is 7.99. The summed E-state index contributed by atoms with van der Waals surface area (Å²) < 4.78 is 12.2. The molecule has 2 aliphatic rings. The van der Waals surface area contributed by atoms with E-state index in [1.807, 2.05) is 13.0 Å². The molecule has 2 amide bonds. The number of piperidine rings is 1. The Morgan fingerprint density at radius 2 is 1.83 bits per heavy atom. The van der Waals surface area contributed by atoms with Crippen LogP contribution < -0.4 is 19.7 Å². The zero-order valence-electron chi connectivity index (χ0n) is 18.9. The highest BCUT2D eigenvalue weighted by Gasteiger charge is 2.25. The van der Waals surface area contributed by atoms with E-state index in [-0.39, 0.29) is 11.3 Å². The molecule has 0 atom stereocenters. The highest BCUT2D eigenvalue weighted by Crippen LogP contribution is 2.31. The monoisotopic (exact) mass is 490 g/mol. The number of rotatable bonds is 6. The van der Waals surface area contributed by atoms with Crippen molar-refractivity contribution in [3.05, 3.63) is 65.1 Å². The van der Waals surface area contributed by atoms with Gasteiger partial charge in [-0.15, -0.1) is 0 Å². The Morgan fingerprint density at radius 3 is 2.57 bits per heavy atom. The number of carbonyl (C=O) groups is 2. The van der Waals surface area contributed by atoms with E-state index < -0.39 is 5.91 Å². The van der Waals surface area contributed by atoms with Gasteiger partial charge in [-0.25, -0.2) is 19.9 Å². The summed E-state index contributed by atoms with van der Waals surface area (Å²) in [4.78, 5) is 42.9. The number of imide groups is 1. The third-order valence-corrected chi connectivity index (χ3v) is 6.37. The van der Waals surface area contributed by atoms with Crippen molar-refractivity contribution < 1.29 is 19.1 Å². The molecule has 2 aromatic heterocycles. The second kappa shape index (κ2) is 10.1. The molecule has 2 saturated heterocycles. The fraction of sp³-hybridized carbons (Fsp3) is 0.250. The minimum atomic E-state index is -0.401. The first-order valence-electron chi connectivity index (χ1n) is 11.1. The normalized spacial score (nSPS) is 17.5. The average molecular weight is 491 g/mol. The van der Waals surface area contributed by atoms with Gasteiger partial charge < -0.3 is 14.4 Å². The lowest BCUT2D eigenvalue weighted by Gasteiger charge is -2.32. The van der Waals surface area contributed by atoms with Crippen molar-refractivity contribution in [1.82, 2.24) is 25.3 Å². The number of anilines is 1. The van der Waals surface area contributed by atoms with Gasteiger partial charge in [0.25, 0.3) is 11.1 Å². The summed E-state index contributed by atoms with van der Waals surface area (Å²) in [5.74, 6) is 1.75. The van der Waals surface area contributed by atoms with E-state index >= 15 is 0 Å². The largest absolute Gasteiger partial charge is 0.474 e. The number of benzene rings is 1. The molecular weight excluding hydrogens is 468 g/mol. The summed E-state index contributed by atoms with van der Waals surface area (Å²) in [7, 11) is 0. The van der Waals surface area contributed by atoms with Crippen LogP contribution in [0.1, 0.15) is 24.0 Å². The maximum absolute atomic E-state index is 11.8. The third kappa shape index (κ3) is 5.40. The third-order valence-electron chi connectivity index (χ3n) is 5.56. The van der Waals surface area contributed by atoms with Crippen LogP contribution in [-0.4, -0.2) is 50.3 Å². The molecule has 1 aromatic carbocycles. The summed E-state index contributed by atoms with van der Waals surface area (Å²) in [6.45, 7) is 3.45. The van der Waals surface area contributed by atoms with E-state index in [1.54, 1.807) is 42.7 Å². The summed E-state index contributed by atoms with van der Waals surface area (Å²) >= 11 is 0.872. The molecule has 3 aromatic rings. The van der Waals surface area contributed by atoms with Crippen molar-refractivity contribution >= 4 is 34.9 Å². The van der Waals surface area contributed by atoms with Crippen LogP contribution in [0.25, 0.3) is 6.08 Å². The summed E-state index contributed by atoms with van der Waals surface area (Å²) in [5.41, 5.74) is 1.42. The molecule has 5 rings (SSSR count). The SMILES string of the molecule is Cc1c(Oc2cccc(/C=C3\SC(=O)NC3=O)c2)ncnc1OC1CCN(c2ncccn2)CC1. The van der Waals surface area contributed by atoms with Crippen LogP contribution in [0.3, 0.4) is 0 Å². The Labute approximate surface area is 205 Å². The zero-order chi connectivity index (χ0) is 24.2. The summed E-state index contributed by atoms with van der Waals surface area (Å²) in [5, 5.41) is 1.87. The number of hydrogen-bond acceptors (Lipinski definition) is 10. The number of amides is 2. The predicted molar refractivity (Wildman–Crippen MR) is 130 cm³/mol. The van der Waals surface area contributed by atoms with Gasteiger partial charge in [-0.1, -0.05) is 12.1 Å². The van der Waals surface area contributed by atoms with Crippen LogP contribution >= 0.6 is 11.8 Å². The van der Waals surface area contributed by atoms with E-state index in [2.05, 4.69) is 30.2 Å². The van der Waals surface area contributed by atoms with Crippen molar-refractivity contribution in [1.29, 1.82) is 0 Å². The molecule has 0 radical (unpaired) electrons. The minimum Gasteiger partial charge on any atom is -0.474 e. The van der Waals surface area contributed by atoms with Crippen molar-refractivity contribution in [3.8, 4) is 17.5 Å². The van der Waals surface area contributed by atoms with Crippen molar-refractivity contribution in [2.75, 3.05) is 18.0 Å². The van der Waals surface area contributed by atoms with Gasteiger partial charge in [-0.3, -0.25) is 14.9 Å². The van der Waals surface area contributed by atoms with Gasteiger partial charge in [-0.05, 0) is 48.5 Å². The fourth-order valence-electron chi connectivity index (χ4n) is 3.78. The second-order valence-corrected chi connectivity index (χ2v) is 9.00. The number of carbonyl (C=O) groups excluding carboxylic acids is 2. The van der Waals surface area contributed by atoms with Crippen LogP contribution in [0.15, 0.2) is 54.0 Å². The fourth-order valence-corrected chi connectivity index (χ4v) is 4.46. The Bertz CT molecular complexity index is 1280. The molecule has 10 nitrogen and oxygen atoms in total. The average Bonchev–Trinajstić information content (AvgIpc) is 3.19. The van der Waals surface area contributed by atoms with E-state index in [1.165, 1.54) is 6.33 Å². The van der Waals surface area contributed by atoms with Gasteiger partial charge in [0.05, 0.1) is 10.5 Å². The molecule has 0 spiro atoms. The van der Waals surface area contributed by atoms with Crippen LogP contribution in [0.2, 0.25) is 0 Å². The first-order chi connectivity index (χ1) is 17.0. The maximum Gasteiger partial charge on any atom is 0.290 e. The molecule has 0 saturated carbocycles. The molecular formula is C24H22N6O4S. The number of nitrogens with zero attached hydrogens (tertiary/aromatic N) is 5. The lowest BCUT2D eigenvalue weighted by atomic mass is 10.1. The lowest BCUT2D eigenvalue weighted by Crippen LogP contribution is -2.39. The van der Waals surface area contributed by atoms with Crippen LogP contribution in [0.4, 0.5) is 10.7 Å².